The van der Waals surface area contributed by atoms with E-state index in [9.17, 15) is 0 Å². The number of rotatable bonds is 1. The topological polar surface area (TPSA) is 17.8 Å². The Bertz CT molecular complexity index is 1050. The van der Waals surface area contributed by atoms with Crippen LogP contribution in [0.4, 0.5) is 0 Å². The van der Waals surface area contributed by atoms with E-state index in [0.717, 1.165) is 15.8 Å². The molecule has 0 saturated heterocycles. The van der Waals surface area contributed by atoms with Gasteiger partial charge in [-0.25, -0.2) is 4.98 Å². The van der Waals surface area contributed by atoms with Gasteiger partial charge in [-0.3, -0.25) is 4.57 Å². The minimum absolute atomic E-state index is 0.0910. The van der Waals surface area contributed by atoms with Crippen molar-refractivity contribution in [1.82, 2.24) is 9.55 Å². The van der Waals surface area contributed by atoms with Crippen molar-refractivity contribution in [2.24, 2.45) is 0 Å². The highest BCUT2D eigenvalue weighted by Crippen LogP contribution is 2.36. The first kappa shape index (κ1) is 15.4. The van der Waals surface area contributed by atoms with Crippen LogP contribution < -0.4 is 0 Å². The summed E-state index contributed by atoms with van der Waals surface area (Å²) in [5.41, 5.74) is 3.72. The number of hydrogen-bond donors (Lipinski definition) is 0. The molecular formula is C21H19BrN2. The number of aromatic nitrogens is 2. The summed E-state index contributed by atoms with van der Waals surface area (Å²) in [6, 6.07) is 19.2. The van der Waals surface area contributed by atoms with Crippen molar-refractivity contribution in [3.63, 3.8) is 0 Å². The van der Waals surface area contributed by atoms with E-state index in [0.29, 0.717) is 0 Å². The Morgan fingerprint density at radius 3 is 2.46 bits per heavy atom. The van der Waals surface area contributed by atoms with Crippen LogP contribution in [0.1, 0.15) is 26.3 Å². The van der Waals surface area contributed by atoms with Crippen LogP contribution >= 0.6 is 15.9 Å². The largest absolute Gasteiger partial charge is 0.293 e. The molecule has 24 heavy (non-hydrogen) atoms. The highest BCUT2D eigenvalue weighted by Gasteiger charge is 2.18. The molecule has 0 aliphatic heterocycles. The van der Waals surface area contributed by atoms with E-state index < -0.39 is 0 Å². The van der Waals surface area contributed by atoms with E-state index in [1.807, 2.05) is 6.20 Å². The first-order chi connectivity index (χ1) is 11.5. The van der Waals surface area contributed by atoms with E-state index in [4.69, 9.17) is 0 Å². The Morgan fingerprint density at radius 2 is 1.67 bits per heavy atom. The van der Waals surface area contributed by atoms with Crippen LogP contribution in [0.3, 0.4) is 0 Å². The number of nitrogens with zero attached hydrogens (tertiary/aromatic N) is 2. The summed E-state index contributed by atoms with van der Waals surface area (Å²) in [5.74, 6) is 0.959. The van der Waals surface area contributed by atoms with Crippen molar-refractivity contribution < 1.29 is 0 Å². The highest BCUT2D eigenvalue weighted by molar-refractivity contribution is 9.10. The number of para-hydroxylation sites is 2. The van der Waals surface area contributed by atoms with Gasteiger partial charge in [-0.05, 0) is 51.2 Å². The van der Waals surface area contributed by atoms with Crippen molar-refractivity contribution in [3.05, 3.63) is 70.8 Å². The van der Waals surface area contributed by atoms with Crippen molar-refractivity contribution in [2.45, 2.75) is 26.2 Å². The van der Waals surface area contributed by atoms with E-state index in [-0.39, 0.29) is 5.41 Å². The van der Waals surface area contributed by atoms with E-state index in [1.54, 1.807) is 0 Å². The summed E-state index contributed by atoms with van der Waals surface area (Å²) in [6.07, 6.45) is 1.91. The summed E-state index contributed by atoms with van der Waals surface area (Å²) in [6.45, 7) is 6.69. The lowest BCUT2D eigenvalue weighted by Gasteiger charge is -2.20. The molecule has 4 aromatic rings. The quantitative estimate of drug-likeness (QED) is 0.383. The van der Waals surface area contributed by atoms with Gasteiger partial charge in [-0.1, -0.05) is 51.1 Å². The molecule has 0 radical (unpaired) electrons. The lowest BCUT2D eigenvalue weighted by molar-refractivity contribution is 0.588. The average Bonchev–Trinajstić information content (AvgIpc) is 2.90. The molecule has 0 saturated carbocycles. The molecule has 4 rings (SSSR count). The summed E-state index contributed by atoms with van der Waals surface area (Å²) in [5, 5.41) is 2.49. The van der Waals surface area contributed by atoms with Crippen LogP contribution in [0.15, 0.2) is 65.3 Å². The predicted octanol–water partition coefficient (Wildman–Crippen LogP) is 6.24. The van der Waals surface area contributed by atoms with Crippen molar-refractivity contribution in [3.8, 4) is 5.82 Å². The molecule has 2 heterocycles. The molecule has 2 nitrogen and oxygen atoms in total. The molecule has 0 aliphatic carbocycles. The summed E-state index contributed by atoms with van der Waals surface area (Å²) < 4.78 is 3.34. The lowest BCUT2D eigenvalue weighted by Crippen LogP contribution is -2.12. The molecule has 2 aromatic carbocycles. The number of hydrogen-bond acceptors (Lipinski definition) is 1. The SMILES string of the molecule is CC(C)(C)c1ccnc(-n2c3ccccc3c3cccc(Br)c32)c1. The molecule has 0 spiro atoms. The van der Waals surface area contributed by atoms with Gasteiger partial charge in [0.1, 0.15) is 5.82 Å². The van der Waals surface area contributed by atoms with Crippen LogP contribution in [0.2, 0.25) is 0 Å². The van der Waals surface area contributed by atoms with Gasteiger partial charge in [0.2, 0.25) is 0 Å². The standard InChI is InChI=1S/C21H19BrN2/c1-21(2,3)14-11-12-23-19(13-14)24-18-10-5-4-7-15(18)16-8-6-9-17(22)20(16)24/h4-13H,1-3H3. The van der Waals surface area contributed by atoms with Gasteiger partial charge in [-0.15, -0.1) is 0 Å². The number of pyridine rings is 1. The molecule has 0 fully saturated rings. The third-order valence-electron chi connectivity index (χ3n) is 4.49. The maximum atomic E-state index is 4.68. The monoisotopic (exact) mass is 378 g/mol. The van der Waals surface area contributed by atoms with Crippen LogP contribution in [0.5, 0.6) is 0 Å². The fraction of sp³-hybridized carbons (Fsp3) is 0.190. The zero-order chi connectivity index (χ0) is 16.9. The maximum absolute atomic E-state index is 4.68. The van der Waals surface area contributed by atoms with Crippen LogP contribution in [0.25, 0.3) is 27.6 Å². The zero-order valence-corrected chi connectivity index (χ0v) is 15.6. The highest BCUT2D eigenvalue weighted by atomic mass is 79.9. The van der Waals surface area contributed by atoms with Crippen molar-refractivity contribution in [2.75, 3.05) is 0 Å². The number of fused-ring (bicyclic) bond motifs is 3. The molecule has 0 aliphatic rings. The van der Waals surface area contributed by atoms with E-state index >= 15 is 0 Å². The molecule has 0 atom stereocenters. The van der Waals surface area contributed by atoms with Gasteiger partial charge in [0, 0.05) is 21.4 Å². The molecule has 0 N–H and O–H groups in total. The number of halogens is 1. The predicted molar refractivity (Wildman–Crippen MR) is 105 cm³/mol. The Balaban J connectivity index is 2.13. The fourth-order valence-electron chi connectivity index (χ4n) is 3.22. The zero-order valence-electron chi connectivity index (χ0n) is 14.0. The van der Waals surface area contributed by atoms with Crippen molar-refractivity contribution in [1.29, 1.82) is 0 Å². The van der Waals surface area contributed by atoms with Crippen LogP contribution in [0, 0.1) is 0 Å². The molecule has 0 bridgehead atoms. The summed E-state index contributed by atoms with van der Waals surface area (Å²) in [7, 11) is 0. The molecule has 2 aromatic heterocycles. The second kappa shape index (κ2) is 5.45. The Labute approximate surface area is 150 Å². The Kier molecular flexibility index (Phi) is 3.50. The maximum Gasteiger partial charge on any atom is 0.137 e. The van der Waals surface area contributed by atoms with Crippen LogP contribution in [-0.2, 0) is 5.41 Å². The van der Waals surface area contributed by atoms with Crippen molar-refractivity contribution >= 4 is 37.7 Å². The molecule has 3 heteroatoms. The average molecular weight is 379 g/mol. The minimum Gasteiger partial charge on any atom is -0.293 e. The van der Waals surface area contributed by atoms with Gasteiger partial charge in [-0.2, -0.15) is 0 Å². The van der Waals surface area contributed by atoms with Gasteiger partial charge in [0.25, 0.3) is 0 Å². The Hall–Kier alpha value is -2.13. The van der Waals surface area contributed by atoms with Gasteiger partial charge >= 0.3 is 0 Å². The number of benzene rings is 2. The summed E-state index contributed by atoms with van der Waals surface area (Å²) in [4.78, 5) is 4.68. The molecule has 0 unspecified atom stereocenters. The van der Waals surface area contributed by atoms with Gasteiger partial charge in [0.15, 0.2) is 0 Å². The fourth-order valence-corrected chi connectivity index (χ4v) is 3.77. The molecule has 0 amide bonds. The molecule has 120 valence electrons. The molecular weight excluding hydrogens is 360 g/mol. The van der Waals surface area contributed by atoms with Gasteiger partial charge in [0.05, 0.1) is 11.0 Å². The summed E-state index contributed by atoms with van der Waals surface area (Å²) >= 11 is 3.73. The van der Waals surface area contributed by atoms with E-state index in [1.165, 1.54) is 21.9 Å². The normalized spacial score (nSPS) is 12.2. The Morgan fingerprint density at radius 1 is 0.917 bits per heavy atom. The lowest BCUT2D eigenvalue weighted by atomic mass is 9.88. The van der Waals surface area contributed by atoms with Crippen LogP contribution in [-0.4, -0.2) is 9.55 Å². The minimum atomic E-state index is 0.0910. The second-order valence-electron chi connectivity index (χ2n) is 7.14. The first-order valence-corrected chi connectivity index (χ1v) is 8.91. The third kappa shape index (κ3) is 2.35. The van der Waals surface area contributed by atoms with E-state index in [2.05, 4.69) is 101 Å². The second-order valence-corrected chi connectivity index (χ2v) is 8.00. The van der Waals surface area contributed by atoms with Gasteiger partial charge < -0.3 is 0 Å². The smallest absolute Gasteiger partial charge is 0.137 e. The third-order valence-corrected chi connectivity index (χ3v) is 5.13. The first-order valence-electron chi connectivity index (χ1n) is 8.11.